The second-order valence-corrected chi connectivity index (χ2v) is 6.49. The molecule has 6 heteroatoms. The Morgan fingerprint density at radius 3 is 2.54 bits per heavy atom. The van der Waals surface area contributed by atoms with Crippen LogP contribution in [0.4, 0.5) is 0 Å². The van der Waals surface area contributed by atoms with Crippen molar-refractivity contribution in [3.8, 4) is 0 Å². The van der Waals surface area contributed by atoms with Crippen LogP contribution in [-0.2, 0) is 11.3 Å². The molecule has 0 aliphatic carbocycles. The molecule has 0 aromatic heterocycles. The van der Waals surface area contributed by atoms with E-state index in [0.717, 1.165) is 52.1 Å². The van der Waals surface area contributed by atoms with Crippen molar-refractivity contribution in [2.75, 3.05) is 32.7 Å². The van der Waals surface area contributed by atoms with E-state index >= 15 is 0 Å². The smallest absolute Gasteiger partial charge is 0.224 e. The number of benzene rings is 1. The largest absolute Gasteiger partial charge is 0.341 e. The van der Waals surface area contributed by atoms with Crippen LogP contribution in [-0.4, -0.2) is 54.5 Å². The molecule has 2 saturated heterocycles. The van der Waals surface area contributed by atoms with Gasteiger partial charge in [-0.15, -0.1) is 24.8 Å². The summed E-state index contributed by atoms with van der Waals surface area (Å²) < 4.78 is 0. The Hall–Kier alpha value is -0.810. The Kier molecular flexibility index (Phi) is 9.67. The lowest BCUT2D eigenvalue weighted by atomic mass is 10.1. The Bertz CT molecular complexity index is 480. The second kappa shape index (κ2) is 10.9. The van der Waals surface area contributed by atoms with Crippen LogP contribution in [0.5, 0.6) is 0 Å². The van der Waals surface area contributed by atoms with E-state index in [1.807, 2.05) is 0 Å². The van der Waals surface area contributed by atoms with Gasteiger partial charge in [0.1, 0.15) is 0 Å². The first-order valence-corrected chi connectivity index (χ1v) is 8.59. The molecule has 136 valence electrons. The molecule has 1 atom stereocenters. The lowest BCUT2D eigenvalue weighted by Gasteiger charge is -2.23. The van der Waals surface area contributed by atoms with Crippen LogP contribution in [0, 0.1) is 0 Å². The number of hydrogen-bond donors (Lipinski definition) is 1. The van der Waals surface area contributed by atoms with E-state index in [0.29, 0.717) is 18.4 Å². The Morgan fingerprint density at radius 1 is 1.04 bits per heavy atom. The maximum absolute atomic E-state index is 12.4. The van der Waals surface area contributed by atoms with Gasteiger partial charge in [-0.25, -0.2) is 0 Å². The van der Waals surface area contributed by atoms with E-state index in [9.17, 15) is 4.79 Å². The maximum atomic E-state index is 12.4. The van der Waals surface area contributed by atoms with Crippen molar-refractivity contribution in [2.45, 2.75) is 38.3 Å². The van der Waals surface area contributed by atoms with Crippen LogP contribution in [0.1, 0.15) is 31.2 Å². The number of halogens is 2. The zero-order valence-corrected chi connectivity index (χ0v) is 15.8. The van der Waals surface area contributed by atoms with Crippen LogP contribution < -0.4 is 5.32 Å². The number of carbonyl (C=O) groups is 1. The first-order valence-electron chi connectivity index (χ1n) is 8.59. The lowest BCUT2D eigenvalue weighted by molar-refractivity contribution is -0.131. The number of amides is 1. The highest BCUT2D eigenvalue weighted by Gasteiger charge is 2.23. The summed E-state index contributed by atoms with van der Waals surface area (Å²) in [5.74, 6) is 0.334. The topological polar surface area (TPSA) is 35.6 Å². The van der Waals surface area contributed by atoms with Crippen molar-refractivity contribution in [1.82, 2.24) is 15.1 Å². The Labute approximate surface area is 157 Å². The highest BCUT2D eigenvalue weighted by atomic mass is 35.5. The summed E-state index contributed by atoms with van der Waals surface area (Å²) in [7, 11) is 0. The van der Waals surface area contributed by atoms with E-state index in [4.69, 9.17) is 0 Å². The zero-order valence-electron chi connectivity index (χ0n) is 14.2. The Morgan fingerprint density at radius 2 is 1.83 bits per heavy atom. The zero-order chi connectivity index (χ0) is 15.2. The van der Waals surface area contributed by atoms with Gasteiger partial charge in [-0.05, 0) is 31.4 Å². The van der Waals surface area contributed by atoms with Crippen LogP contribution in [0.3, 0.4) is 0 Å². The number of carbonyl (C=O) groups excluding carboxylic acids is 1. The summed E-state index contributed by atoms with van der Waals surface area (Å²) in [5, 5.41) is 3.43. The van der Waals surface area contributed by atoms with Gasteiger partial charge in [-0.3, -0.25) is 9.69 Å². The molecular formula is C18H29Cl2N3O. The second-order valence-electron chi connectivity index (χ2n) is 6.49. The minimum absolute atomic E-state index is 0. The fourth-order valence-corrected chi connectivity index (χ4v) is 3.49. The number of nitrogens with zero attached hydrogens (tertiary/aromatic N) is 2. The minimum Gasteiger partial charge on any atom is -0.341 e. The summed E-state index contributed by atoms with van der Waals surface area (Å²) in [6.45, 7) is 5.92. The highest BCUT2D eigenvalue weighted by molar-refractivity contribution is 5.85. The van der Waals surface area contributed by atoms with E-state index < -0.39 is 0 Å². The molecule has 0 saturated carbocycles. The molecule has 4 nitrogen and oxygen atoms in total. The van der Waals surface area contributed by atoms with Gasteiger partial charge >= 0.3 is 0 Å². The van der Waals surface area contributed by atoms with Gasteiger partial charge in [0.2, 0.25) is 5.91 Å². The van der Waals surface area contributed by atoms with E-state index in [1.54, 1.807) is 0 Å². The van der Waals surface area contributed by atoms with Gasteiger partial charge < -0.3 is 10.2 Å². The predicted octanol–water partition coefficient (Wildman–Crippen LogP) is 2.71. The van der Waals surface area contributed by atoms with Crippen molar-refractivity contribution in [2.24, 2.45) is 0 Å². The molecule has 24 heavy (non-hydrogen) atoms. The van der Waals surface area contributed by atoms with Crippen molar-refractivity contribution >= 4 is 30.7 Å². The average Bonchev–Trinajstić information content (AvgIpc) is 2.93. The molecule has 2 fully saturated rings. The van der Waals surface area contributed by atoms with E-state index in [2.05, 4.69) is 45.4 Å². The first kappa shape index (κ1) is 21.2. The van der Waals surface area contributed by atoms with Gasteiger partial charge in [-0.2, -0.15) is 0 Å². The van der Waals surface area contributed by atoms with E-state index in [1.165, 1.54) is 12.0 Å². The van der Waals surface area contributed by atoms with Crippen molar-refractivity contribution in [3.63, 3.8) is 0 Å². The molecule has 1 unspecified atom stereocenters. The summed E-state index contributed by atoms with van der Waals surface area (Å²) >= 11 is 0. The quantitative estimate of drug-likeness (QED) is 0.880. The normalized spacial score (nSPS) is 21.5. The SMILES string of the molecule is Cl.Cl.O=C(CC1CCCN1)N1CCCN(Cc2ccccc2)CC1. The fraction of sp³-hybridized carbons (Fsp3) is 0.611. The van der Waals surface area contributed by atoms with Gasteiger partial charge in [0, 0.05) is 45.2 Å². The van der Waals surface area contributed by atoms with Crippen LogP contribution >= 0.6 is 24.8 Å². The molecule has 1 N–H and O–H groups in total. The first-order chi connectivity index (χ1) is 10.8. The third kappa shape index (κ3) is 6.25. The highest BCUT2D eigenvalue weighted by Crippen LogP contribution is 2.13. The molecule has 2 aliphatic heterocycles. The molecular weight excluding hydrogens is 345 g/mol. The van der Waals surface area contributed by atoms with Gasteiger partial charge in [0.05, 0.1) is 0 Å². The van der Waals surface area contributed by atoms with Gasteiger partial charge in [0.15, 0.2) is 0 Å². The predicted molar refractivity (Wildman–Crippen MR) is 103 cm³/mol. The van der Waals surface area contributed by atoms with Crippen molar-refractivity contribution < 1.29 is 4.79 Å². The molecule has 1 aromatic rings. The molecule has 0 bridgehead atoms. The monoisotopic (exact) mass is 373 g/mol. The third-order valence-corrected chi connectivity index (χ3v) is 4.77. The van der Waals surface area contributed by atoms with Gasteiger partial charge in [-0.1, -0.05) is 30.3 Å². The standard InChI is InChI=1S/C18H27N3O.2ClH/c22-18(14-17-8-4-9-19-17)21-11-5-10-20(12-13-21)15-16-6-2-1-3-7-16;;/h1-3,6-7,17,19H,4-5,8-15H2;2*1H. The molecule has 1 aromatic carbocycles. The summed E-state index contributed by atoms with van der Waals surface area (Å²) in [6.07, 6.45) is 4.12. The minimum atomic E-state index is 0. The average molecular weight is 374 g/mol. The van der Waals surface area contributed by atoms with Crippen LogP contribution in [0.2, 0.25) is 0 Å². The molecule has 3 rings (SSSR count). The molecule has 0 radical (unpaired) electrons. The lowest BCUT2D eigenvalue weighted by Crippen LogP contribution is -2.38. The third-order valence-electron chi connectivity index (χ3n) is 4.77. The maximum Gasteiger partial charge on any atom is 0.224 e. The van der Waals surface area contributed by atoms with Crippen molar-refractivity contribution in [1.29, 1.82) is 0 Å². The summed E-state index contributed by atoms with van der Waals surface area (Å²) in [4.78, 5) is 17.0. The Balaban J connectivity index is 0.00000144. The molecule has 1 amide bonds. The summed E-state index contributed by atoms with van der Waals surface area (Å²) in [5.41, 5.74) is 1.36. The van der Waals surface area contributed by atoms with Crippen LogP contribution in [0.15, 0.2) is 30.3 Å². The fourth-order valence-electron chi connectivity index (χ4n) is 3.49. The summed E-state index contributed by atoms with van der Waals surface area (Å²) in [6, 6.07) is 11.0. The molecule has 2 aliphatic rings. The van der Waals surface area contributed by atoms with Gasteiger partial charge in [0.25, 0.3) is 0 Å². The van der Waals surface area contributed by atoms with Crippen LogP contribution in [0.25, 0.3) is 0 Å². The molecule has 0 spiro atoms. The molecule has 2 heterocycles. The number of hydrogen-bond acceptors (Lipinski definition) is 3. The van der Waals surface area contributed by atoms with Crippen molar-refractivity contribution in [3.05, 3.63) is 35.9 Å². The number of nitrogens with one attached hydrogen (secondary N) is 1. The van der Waals surface area contributed by atoms with E-state index in [-0.39, 0.29) is 24.8 Å². The number of rotatable bonds is 4.